The van der Waals surface area contributed by atoms with Crippen molar-refractivity contribution in [1.29, 1.82) is 0 Å². The highest BCUT2D eigenvalue weighted by Crippen LogP contribution is 2.28. The summed E-state index contributed by atoms with van der Waals surface area (Å²) in [5, 5.41) is 7.61. The van der Waals surface area contributed by atoms with Gasteiger partial charge in [-0.2, -0.15) is 0 Å². The molecule has 1 fully saturated rings. The van der Waals surface area contributed by atoms with Crippen molar-refractivity contribution in [3.63, 3.8) is 0 Å². The number of carbonyl (C=O) groups is 3. The lowest BCUT2D eigenvalue weighted by Gasteiger charge is -2.06. The van der Waals surface area contributed by atoms with Crippen LogP contribution in [-0.4, -0.2) is 37.4 Å². The van der Waals surface area contributed by atoms with Crippen molar-refractivity contribution < 1.29 is 14.4 Å². The van der Waals surface area contributed by atoms with Crippen LogP contribution in [0.2, 0.25) is 0 Å². The Bertz CT molecular complexity index is 300. The van der Waals surface area contributed by atoms with Crippen molar-refractivity contribution in [1.82, 2.24) is 16.0 Å². The summed E-state index contributed by atoms with van der Waals surface area (Å²) in [6.07, 6.45) is 2.68. The minimum absolute atomic E-state index is 0.0435. The van der Waals surface area contributed by atoms with Gasteiger partial charge in [0.15, 0.2) is 0 Å². The van der Waals surface area contributed by atoms with E-state index in [2.05, 4.69) is 16.0 Å². The fourth-order valence-electron chi connectivity index (χ4n) is 1.23. The maximum atomic E-state index is 11.3. The molecule has 0 aromatic rings. The molecule has 0 spiro atoms. The Balaban J connectivity index is 2.03. The summed E-state index contributed by atoms with van der Waals surface area (Å²) in [5.74, 6) is -0.536. The topological polar surface area (TPSA) is 87.3 Å². The molecule has 0 atom stereocenters. The second kappa shape index (κ2) is 6.88. The Morgan fingerprint density at radius 3 is 2.18 bits per heavy atom. The molecule has 0 saturated heterocycles. The van der Waals surface area contributed by atoms with Crippen LogP contribution in [0.3, 0.4) is 0 Å². The van der Waals surface area contributed by atoms with E-state index in [1.54, 1.807) is 0 Å². The number of hydrogen-bond donors (Lipinski definition) is 3. The first-order valence-corrected chi connectivity index (χ1v) is 5.94. The molecule has 0 radical (unpaired) electrons. The zero-order chi connectivity index (χ0) is 12.7. The molecule has 0 heterocycles. The van der Waals surface area contributed by atoms with E-state index < -0.39 is 0 Å². The summed E-state index contributed by atoms with van der Waals surface area (Å²) in [6, 6.07) is 0. The Hall–Kier alpha value is -1.59. The van der Waals surface area contributed by atoms with Gasteiger partial charge in [-0.25, -0.2) is 0 Å². The molecular formula is C11H19N3O3. The molecule has 0 unspecified atom stereocenters. The summed E-state index contributed by atoms with van der Waals surface area (Å²) in [7, 11) is 0. The van der Waals surface area contributed by atoms with Crippen molar-refractivity contribution in [3.8, 4) is 0 Å². The van der Waals surface area contributed by atoms with Gasteiger partial charge in [0.1, 0.15) is 0 Å². The SMILES string of the molecule is CCCNC(=O)CNC(=O)CNC(=O)C1CC1. The molecule has 1 rings (SSSR count). The molecule has 6 heteroatoms. The zero-order valence-electron chi connectivity index (χ0n) is 10.0. The second-order valence-corrected chi connectivity index (χ2v) is 4.12. The first-order valence-electron chi connectivity index (χ1n) is 5.94. The average Bonchev–Trinajstić information content (AvgIpc) is 3.14. The third-order valence-electron chi connectivity index (χ3n) is 2.39. The Morgan fingerprint density at radius 1 is 1.00 bits per heavy atom. The molecule has 0 bridgehead atoms. The molecule has 0 aliphatic heterocycles. The lowest BCUT2D eigenvalue weighted by Crippen LogP contribution is -2.42. The summed E-state index contributed by atoms with van der Waals surface area (Å²) < 4.78 is 0. The van der Waals surface area contributed by atoms with Gasteiger partial charge in [0.05, 0.1) is 13.1 Å². The van der Waals surface area contributed by atoms with Gasteiger partial charge < -0.3 is 16.0 Å². The minimum atomic E-state index is -0.342. The Kier molecular flexibility index (Phi) is 5.45. The molecule has 17 heavy (non-hydrogen) atoms. The highest BCUT2D eigenvalue weighted by molar-refractivity contribution is 5.89. The maximum absolute atomic E-state index is 11.3. The predicted octanol–water partition coefficient (Wildman–Crippen LogP) is -0.845. The van der Waals surface area contributed by atoms with Crippen LogP contribution in [0.25, 0.3) is 0 Å². The quantitative estimate of drug-likeness (QED) is 0.543. The highest BCUT2D eigenvalue weighted by atomic mass is 16.2. The van der Waals surface area contributed by atoms with Crippen molar-refractivity contribution >= 4 is 17.7 Å². The Labute approximate surface area is 101 Å². The van der Waals surface area contributed by atoms with E-state index in [9.17, 15) is 14.4 Å². The first kappa shape index (κ1) is 13.5. The smallest absolute Gasteiger partial charge is 0.239 e. The van der Waals surface area contributed by atoms with Gasteiger partial charge in [-0.05, 0) is 19.3 Å². The molecule has 1 aliphatic carbocycles. The van der Waals surface area contributed by atoms with Crippen molar-refractivity contribution in [2.24, 2.45) is 5.92 Å². The fraction of sp³-hybridized carbons (Fsp3) is 0.727. The van der Waals surface area contributed by atoms with Gasteiger partial charge >= 0.3 is 0 Å². The van der Waals surface area contributed by atoms with E-state index in [4.69, 9.17) is 0 Å². The van der Waals surface area contributed by atoms with Crippen molar-refractivity contribution in [3.05, 3.63) is 0 Å². The molecule has 1 aliphatic rings. The van der Waals surface area contributed by atoms with Crippen LogP contribution in [-0.2, 0) is 14.4 Å². The molecule has 0 aromatic heterocycles. The van der Waals surface area contributed by atoms with Crippen LogP contribution < -0.4 is 16.0 Å². The molecule has 3 amide bonds. The molecule has 3 N–H and O–H groups in total. The first-order chi connectivity index (χ1) is 8.13. The van der Waals surface area contributed by atoms with Gasteiger partial charge in [-0.15, -0.1) is 0 Å². The van der Waals surface area contributed by atoms with Crippen LogP contribution in [0.5, 0.6) is 0 Å². The number of nitrogens with one attached hydrogen (secondary N) is 3. The van der Waals surface area contributed by atoms with E-state index >= 15 is 0 Å². The van der Waals surface area contributed by atoms with Crippen LogP contribution in [0.4, 0.5) is 0 Å². The van der Waals surface area contributed by atoms with Gasteiger partial charge in [0, 0.05) is 12.5 Å². The number of amides is 3. The van der Waals surface area contributed by atoms with Gasteiger partial charge in [-0.1, -0.05) is 6.92 Å². The zero-order valence-corrected chi connectivity index (χ0v) is 10.0. The molecule has 96 valence electrons. The summed E-state index contributed by atoms with van der Waals surface area (Å²) in [4.78, 5) is 33.6. The minimum Gasteiger partial charge on any atom is -0.355 e. The van der Waals surface area contributed by atoms with Crippen LogP contribution in [0.1, 0.15) is 26.2 Å². The van der Waals surface area contributed by atoms with E-state index in [0.29, 0.717) is 6.54 Å². The standard InChI is InChI=1S/C11H19N3O3/c1-2-5-12-9(15)6-13-10(16)7-14-11(17)8-3-4-8/h8H,2-7H2,1H3,(H,12,15)(H,13,16)(H,14,17). The lowest BCUT2D eigenvalue weighted by atomic mass is 10.4. The summed E-state index contributed by atoms with van der Waals surface area (Å²) >= 11 is 0. The van der Waals surface area contributed by atoms with Crippen LogP contribution in [0.15, 0.2) is 0 Å². The van der Waals surface area contributed by atoms with Gasteiger partial charge in [0.2, 0.25) is 17.7 Å². The predicted molar refractivity (Wildman–Crippen MR) is 62.0 cm³/mol. The van der Waals surface area contributed by atoms with E-state index in [1.807, 2.05) is 6.92 Å². The summed E-state index contributed by atoms with van der Waals surface area (Å²) in [6.45, 7) is 2.45. The van der Waals surface area contributed by atoms with Crippen molar-refractivity contribution in [2.45, 2.75) is 26.2 Å². The van der Waals surface area contributed by atoms with Gasteiger partial charge in [0.25, 0.3) is 0 Å². The number of carbonyl (C=O) groups excluding carboxylic acids is 3. The molecule has 0 aromatic carbocycles. The van der Waals surface area contributed by atoms with Crippen LogP contribution >= 0.6 is 0 Å². The number of rotatable bonds is 7. The molecule has 6 nitrogen and oxygen atoms in total. The van der Waals surface area contributed by atoms with E-state index in [-0.39, 0.29) is 36.7 Å². The highest BCUT2D eigenvalue weighted by Gasteiger charge is 2.29. The second-order valence-electron chi connectivity index (χ2n) is 4.12. The van der Waals surface area contributed by atoms with Gasteiger partial charge in [-0.3, -0.25) is 14.4 Å². The lowest BCUT2D eigenvalue weighted by molar-refractivity contribution is -0.128. The normalized spacial score (nSPS) is 13.9. The van der Waals surface area contributed by atoms with E-state index in [0.717, 1.165) is 19.3 Å². The Morgan fingerprint density at radius 2 is 1.59 bits per heavy atom. The third-order valence-corrected chi connectivity index (χ3v) is 2.39. The summed E-state index contributed by atoms with van der Waals surface area (Å²) in [5.41, 5.74) is 0. The monoisotopic (exact) mass is 241 g/mol. The van der Waals surface area contributed by atoms with Crippen molar-refractivity contribution in [2.75, 3.05) is 19.6 Å². The average molecular weight is 241 g/mol. The third kappa shape index (κ3) is 5.89. The van der Waals surface area contributed by atoms with Crippen LogP contribution in [0, 0.1) is 5.92 Å². The van der Waals surface area contributed by atoms with E-state index in [1.165, 1.54) is 0 Å². The fourth-order valence-corrected chi connectivity index (χ4v) is 1.23. The maximum Gasteiger partial charge on any atom is 0.239 e. The number of hydrogen-bond acceptors (Lipinski definition) is 3. The molecule has 1 saturated carbocycles. The molecular weight excluding hydrogens is 222 g/mol. The largest absolute Gasteiger partial charge is 0.355 e.